The second kappa shape index (κ2) is 6.95. The Morgan fingerprint density at radius 3 is 2.50 bits per heavy atom. The number of benzene rings is 1. The molecule has 1 aromatic carbocycles. The van der Waals surface area contributed by atoms with Gasteiger partial charge in [-0.05, 0) is 18.7 Å². The van der Waals surface area contributed by atoms with Gasteiger partial charge in [-0.15, -0.1) is 0 Å². The first-order valence-electron chi connectivity index (χ1n) is 5.38. The van der Waals surface area contributed by atoms with Crippen LogP contribution in [0.15, 0.2) is 18.2 Å². The number of methoxy groups -OCH3 is 2. The van der Waals surface area contributed by atoms with Gasteiger partial charge in [0.2, 0.25) is 5.75 Å². The number of likely N-dealkylation sites (N-methyl/N-ethyl adjacent to an activating group) is 1. The molecule has 0 radical (unpaired) electrons. The van der Waals surface area contributed by atoms with Crippen molar-refractivity contribution >= 4 is 0 Å². The largest absolute Gasteiger partial charge is 0.493 e. The third-order valence-corrected chi connectivity index (χ3v) is 2.15. The molecule has 0 aliphatic rings. The van der Waals surface area contributed by atoms with E-state index in [1.54, 1.807) is 14.2 Å². The topological polar surface area (TPSA) is 39.7 Å². The van der Waals surface area contributed by atoms with Crippen LogP contribution < -0.4 is 19.5 Å². The molecule has 4 heteroatoms. The highest BCUT2D eigenvalue weighted by molar-refractivity contribution is 5.50. The number of nitrogens with one attached hydrogen (secondary N) is 1. The summed E-state index contributed by atoms with van der Waals surface area (Å²) in [4.78, 5) is 0. The Balaban J connectivity index is 2.63. The summed E-state index contributed by atoms with van der Waals surface area (Å²) in [5.74, 6) is 2.03. The number of rotatable bonds is 7. The lowest BCUT2D eigenvalue weighted by Crippen LogP contribution is -2.20. The summed E-state index contributed by atoms with van der Waals surface area (Å²) in [7, 11) is 3.22. The highest BCUT2D eigenvalue weighted by atomic mass is 16.5. The summed E-state index contributed by atoms with van der Waals surface area (Å²) in [6, 6.07) is 5.59. The number of hydrogen-bond acceptors (Lipinski definition) is 4. The molecule has 0 aliphatic heterocycles. The minimum Gasteiger partial charge on any atom is -0.493 e. The molecular weight excluding hydrogens is 206 g/mol. The standard InChI is InChI=1S/C12H19NO3/c1-4-13-8-9-16-11-7-5-6-10(14-2)12(11)15-3/h5-7,13H,4,8-9H2,1-3H3. The molecule has 16 heavy (non-hydrogen) atoms. The lowest BCUT2D eigenvalue weighted by Gasteiger charge is -2.13. The van der Waals surface area contributed by atoms with Gasteiger partial charge in [0.1, 0.15) is 6.61 Å². The number of ether oxygens (including phenoxy) is 3. The normalized spacial score (nSPS) is 9.94. The highest BCUT2D eigenvalue weighted by Crippen LogP contribution is 2.36. The molecule has 90 valence electrons. The van der Waals surface area contributed by atoms with Crippen molar-refractivity contribution in [2.75, 3.05) is 33.9 Å². The van der Waals surface area contributed by atoms with Gasteiger partial charge in [-0.1, -0.05) is 13.0 Å². The first-order chi connectivity index (χ1) is 7.83. The lowest BCUT2D eigenvalue weighted by atomic mass is 10.3. The van der Waals surface area contributed by atoms with Crippen molar-refractivity contribution in [2.45, 2.75) is 6.92 Å². The van der Waals surface area contributed by atoms with Gasteiger partial charge < -0.3 is 19.5 Å². The molecule has 0 saturated carbocycles. The van der Waals surface area contributed by atoms with E-state index in [9.17, 15) is 0 Å². The maximum absolute atomic E-state index is 5.61. The first-order valence-corrected chi connectivity index (χ1v) is 5.38. The Morgan fingerprint density at radius 2 is 1.88 bits per heavy atom. The maximum atomic E-state index is 5.61. The fraction of sp³-hybridized carbons (Fsp3) is 0.500. The van der Waals surface area contributed by atoms with E-state index in [0.29, 0.717) is 23.9 Å². The van der Waals surface area contributed by atoms with E-state index in [0.717, 1.165) is 13.1 Å². The van der Waals surface area contributed by atoms with Crippen LogP contribution in [0.4, 0.5) is 0 Å². The SMILES string of the molecule is CCNCCOc1cccc(OC)c1OC. The summed E-state index contributed by atoms with van der Waals surface area (Å²) in [6.45, 7) is 4.43. The van der Waals surface area contributed by atoms with Crippen LogP contribution >= 0.6 is 0 Å². The molecule has 1 N–H and O–H groups in total. The Bertz CT molecular complexity index is 315. The minimum absolute atomic E-state index is 0.608. The molecule has 0 amide bonds. The third kappa shape index (κ3) is 3.31. The van der Waals surface area contributed by atoms with Crippen LogP contribution in [0.2, 0.25) is 0 Å². The van der Waals surface area contributed by atoms with E-state index in [-0.39, 0.29) is 0 Å². The maximum Gasteiger partial charge on any atom is 0.203 e. The van der Waals surface area contributed by atoms with Gasteiger partial charge in [0.25, 0.3) is 0 Å². The molecule has 0 spiro atoms. The van der Waals surface area contributed by atoms with Crippen LogP contribution in [0.5, 0.6) is 17.2 Å². The van der Waals surface area contributed by atoms with Gasteiger partial charge in [-0.25, -0.2) is 0 Å². The van der Waals surface area contributed by atoms with E-state index >= 15 is 0 Å². The minimum atomic E-state index is 0.608. The summed E-state index contributed by atoms with van der Waals surface area (Å²) in [6.07, 6.45) is 0. The molecule has 0 heterocycles. The summed E-state index contributed by atoms with van der Waals surface area (Å²) < 4.78 is 16.0. The Labute approximate surface area is 96.5 Å². The number of hydrogen-bond donors (Lipinski definition) is 1. The molecule has 0 saturated heterocycles. The van der Waals surface area contributed by atoms with E-state index < -0.39 is 0 Å². The molecule has 0 aromatic heterocycles. The van der Waals surface area contributed by atoms with E-state index in [2.05, 4.69) is 12.2 Å². The molecule has 1 aromatic rings. The monoisotopic (exact) mass is 225 g/mol. The molecule has 0 unspecified atom stereocenters. The van der Waals surface area contributed by atoms with Crippen molar-refractivity contribution < 1.29 is 14.2 Å². The quantitative estimate of drug-likeness (QED) is 0.717. The second-order valence-corrected chi connectivity index (χ2v) is 3.19. The Morgan fingerprint density at radius 1 is 1.12 bits per heavy atom. The van der Waals surface area contributed by atoms with Crippen molar-refractivity contribution in [3.8, 4) is 17.2 Å². The van der Waals surface area contributed by atoms with Crippen LogP contribution in [-0.2, 0) is 0 Å². The van der Waals surface area contributed by atoms with Crippen LogP contribution in [0.3, 0.4) is 0 Å². The van der Waals surface area contributed by atoms with Gasteiger partial charge in [-0.2, -0.15) is 0 Å². The van der Waals surface area contributed by atoms with E-state index in [1.165, 1.54) is 0 Å². The van der Waals surface area contributed by atoms with Gasteiger partial charge in [-0.3, -0.25) is 0 Å². The highest BCUT2D eigenvalue weighted by Gasteiger charge is 2.09. The smallest absolute Gasteiger partial charge is 0.203 e. The van der Waals surface area contributed by atoms with Gasteiger partial charge >= 0.3 is 0 Å². The summed E-state index contributed by atoms with van der Waals surface area (Å²) in [5.41, 5.74) is 0. The molecule has 0 fully saturated rings. The van der Waals surface area contributed by atoms with Crippen molar-refractivity contribution in [2.24, 2.45) is 0 Å². The average Bonchev–Trinajstić information content (AvgIpc) is 2.34. The van der Waals surface area contributed by atoms with Crippen LogP contribution in [0.25, 0.3) is 0 Å². The van der Waals surface area contributed by atoms with Crippen molar-refractivity contribution in [3.05, 3.63) is 18.2 Å². The van der Waals surface area contributed by atoms with E-state index in [4.69, 9.17) is 14.2 Å². The predicted octanol–water partition coefficient (Wildman–Crippen LogP) is 1.69. The van der Waals surface area contributed by atoms with Crippen molar-refractivity contribution in [3.63, 3.8) is 0 Å². The van der Waals surface area contributed by atoms with Crippen molar-refractivity contribution in [1.82, 2.24) is 5.32 Å². The zero-order valence-electron chi connectivity index (χ0n) is 10.1. The number of para-hydroxylation sites is 1. The van der Waals surface area contributed by atoms with Crippen molar-refractivity contribution in [1.29, 1.82) is 0 Å². The summed E-state index contributed by atoms with van der Waals surface area (Å²) >= 11 is 0. The van der Waals surface area contributed by atoms with Crippen LogP contribution in [0, 0.1) is 0 Å². The zero-order chi connectivity index (χ0) is 11.8. The van der Waals surface area contributed by atoms with Gasteiger partial charge in [0.05, 0.1) is 14.2 Å². The molecule has 1 rings (SSSR count). The molecule has 4 nitrogen and oxygen atoms in total. The molecular formula is C12H19NO3. The fourth-order valence-corrected chi connectivity index (χ4v) is 1.38. The van der Waals surface area contributed by atoms with Crippen LogP contribution in [0.1, 0.15) is 6.92 Å². The van der Waals surface area contributed by atoms with Gasteiger partial charge in [0.15, 0.2) is 11.5 Å². The predicted molar refractivity (Wildman–Crippen MR) is 63.6 cm³/mol. The molecule has 0 bridgehead atoms. The fourth-order valence-electron chi connectivity index (χ4n) is 1.38. The Kier molecular flexibility index (Phi) is 5.50. The van der Waals surface area contributed by atoms with E-state index in [1.807, 2.05) is 18.2 Å². The van der Waals surface area contributed by atoms with Crippen LogP contribution in [-0.4, -0.2) is 33.9 Å². The summed E-state index contributed by atoms with van der Waals surface area (Å²) in [5, 5.41) is 3.19. The third-order valence-electron chi connectivity index (χ3n) is 2.15. The Hall–Kier alpha value is -1.42. The first kappa shape index (κ1) is 12.6. The second-order valence-electron chi connectivity index (χ2n) is 3.19. The molecule has 0 atom stereocenters. The lowest BCUT2D eigenvalue weighted by molar-refractivity contribution is 0.283. The molecule has 0 aliphatic carbocycles. The van der Waals surface area contributed by atoms with Gasteiger partial charge in [0, 0.05) is 6.54 Å². The average molecular weight is 225 g/mol. The zero-order valence-corrected chi connectivity index (χ0v) is 10.1.